The van der Waals surface area contributed by atoms with Gasteiger partial charge in [0.1, 0.15) is 0 Å². The quantitative estimate of drug-likeness (QED) is 0.810. The summed E-state index contributed by atoms with van der Waals surface area (Å²) >= 11 is 0. The minimum absolute atomic E-state index is 0.0374. The Labute approximate surface area is 112 Å². The number of benzene rings is 1. The van der Waals surface area contributed by atoms with Gasteiger partial charge in [0, 0.05) is 8.07 Å². The van der Waals surface area contributed by atoms with Crippen LogP contribution in [-0.2, 0) is 6.42 Å². The van der Waals surface area contributed by atoms with Gasteiger partial charge in [-0.25, -0.2) is 0 Å². The van der Waals surface area contributed by atoms with Crippen molar-refractivity contribution in [3.8, 4) is 0 Å². The van der Waals surface area contributed by atoms with Crippen LogP contribution in [0.5, 0.6) is 0 Å². The third kappa shape index (κ3) is 3.45. The molecule has 2 unspecified atom stereocenters. The summed E-state index contributed by atoms with van der Waals surface area (Å²) in [5.41, 5.74) is 2.27. The first-order valence-electron chi connectivity index (χ1n) is 7.19. The molecule has 1 aliphatic rings. The minimum Gasteiger partial charge on any atom is -0.393 e. The Hall–Kier alpha value is -0.603. The van der Waals surface area contributed by atoms with E-state index in [1.807, 2.05) is 0 Å². The van der Waals surface area contributed by atoms with Crippen molar-refractivity contribution >= 4 is 8.07 Å². The van der Waals surface area contributed by atoms with Gasteiger partial charge in [-0.15, -0.1) is 0 Å². The van der Waals surface area contributed by atoms with E-state index in [2.05, 4.69) is 50.0 Å². The molecule has 2 heteroatoms. The molecule has 0 aliphatic heterocycles. The van der Waals surface area contributed by atoms with E-state index in [4.69, 9.17) is 0 Å². The van der Waals surface area contributed by atoms with Crippen LogP contribution < -0.4 is 0 Å². The molecule has 1 aromatic rings. The molecule has 0 heterocycles. The molecule has 0 bridgehead atoms. The zero-order valence-electron chi connectivity index (χ0n) is 11.9. The van der Waals surface area contributed by atoms with Gasteiger partial charge in [0.2, 0.25) is 0 Å². The van der Waals surface area contributed by atoms with Crippen molar-refractivity contribution in [1.29, 1.82) is 0 Å². The predicted molar refractivity (Wildman–Crippen MR) is 80.6 cm³/mol. The topological polar surface area (TPSA) is 20.2 Å². The van der Waals surface area contributed by atoms with E-state index in [-0.39, 0.29) is 6.10 Å². The summed E-state index contributed by atoms with van der Waals surface area (Å²) in [5.74, 6) is 0.742. The summed E-state index contributed by atoms with van der Waals surface area (Å²) < 4.78 is 0. The van der Waals surface area contributed by atoms with Crippen LogP contribution in [0.3, 0.4) is 0 Å². The maximum atomic E-state index is 9.80. The molecule has 1 aromatic carbocycles. The normalized spacial score (nSPS) is 26.2. The lowest BCUT2D eigenvalue weighted by molar-refractivity contribution is 0.176. The summed E-state index contributed by atoms with van der Waals surface area (Å²) in [4.78, 5) is 0. The Morgan fingerprint density at radius 3 is 2.33 bits per heavy atom. The molecule has 18 heavy (non-hydrogen) atoms. The van der Waals surface area contributed by atoms with Crippen LogP contribution in [0.25, 0.3) is 0 Å². The summed E-state index contributed by atoms with van der Waals surface area (Å²) in [5, 5.41) is 9.80. The van der Waals surface area contributed by atoms with Crippen molar-refractivity contribution in [3.63, 3.8) is 0 Å². The van der Waals surface area contributed by atoms with Crippen molar-refractivity contribution in [2.45, 2.75) is 57.0 Å². The number of aliphatic hydroxyl groups is 1. The van der Waals surface area contributed by atoms with Gasteiger partial charge >= 0.3 is 0 Å². The maximum Gasteiger partial charge on any atom is 0.0543 e. The van der Waals surface area contributed by atoms with E-state index in [1.54, 1.807) is 0 Å². The van der Waals surface area contributed by atoms with Crippen molar-refractivity contribution in [2.75, 3.05) is 0 Å². The van der Waals surface area contributed by atoms with E-state index in [9.17, 15) is 5.11 Å². The second-order valence-electron chi connectivity index (χ2n) is 6.89. The summed E-state index contributed by atoms with van der Waals surface area (Å²) in [6.45, 7) is 7.43. The van der Waals surface area contributed by atoms with Crippen molar-refractivity contribution in [3.05, 3.63) is 35.9 Å². The van der Waals surface area contributed by atoms with Gasteiger partial charge in [-0.3, -0.25) is 0 Å². The van der Waals surface area contributed by atoms with Crippen molar-refractivity contribution in [1.82, 2.24) is 0 Å². The Balaban J connectivity index is 2.11. The predicted octanol–water partition coefficient (Wildman–Crippen LogP) is 4.10. The second kappa shape index (κ2) is 5.58. The van der Waals surface area contributed by atoms with Gasteiger partial charge < -0.3 is 5.11 Å². The van der Waals surface area contributed by atoms with Crippen LogP contribution in [0.15, 0.2) is 30.3 Å². The number of hydrogen-bond donors (Lipinski definition) is 1. The Bertz CT molecular complexity index is 368. The summed E-state index contributed by atoms with van der Waals surface area (Å²) in [6.07, 6.45) is 4.43. The molecule has 100 valence electrons. The van der Waals surface area contributed by atoms with Crippen LogP contribution in [0.4, 0.5) is 0 Å². The second-order valence-corrected chi connectivity index (χ2v) is 12.4. The monoisotopic (exact) mass is 262 g/mol. The first-order chi connectivity index (χ1) is 8.47. The largest absolute Gasteiger partial charge is 0.393 e. The van der Waals surface area contributed by atoms with Crippen molar-refractivity contribution < 1.29 is 5.11 Å². The molecule has 2 rings (SSSR count). The molecule has 0 saturated heterocycles. The molecule has 1 aliphatic carbocycles. The molecule has 3 atom stereocenters. The highest BCUT2D eigenvalue weighted by Gasteiger charge is 2.37. The number of aliphatic hydroxyl groups excluding tert-OH is 1. The van der Waals surface area contributed by atoms with Gasteiger partial charge in [0.15, 0.2) is 0 Å². The number of hydrogen-bond acceptors (Lipinski definition) is 1. The summed E-state index contributed by atoms with van der Waals surface area (Å²) in [6, 6.07) is 10.9. The molecule has 0 radical (unpaired) electrons. The van der Waals surface area contributed by atoms with Gasteiger partial charge in [0.25, 0.3) is 0 Å². The fourth-order valence-corrected chi connectivity index (χ4v) is 5.97. The van der Waals surface area contributed by atoms with Crippen LogP contribution in [0, 0.1) is 5.92 Å². The highest BCUT2D eigenvalue weighted by Crippen LogP contribution is 2.42. The average molecular weight is 262 g/mol. The first-order valence-corrected chi connectivity index (χ1v) is 10.8. The SMILES string of the molecule is C[Si](C)(C)C(Cc1ccccc1)C1CC[C@H](O)C1. The van der Waals surface area contributed by atoms with E-state index < -0.39 is 8.07 Å². The Morgan fingerprint density at radius 2 is 1.83 bits per heavy atom. The van der Waals surface area contributed by atoms with E-state index in [1.165, 1.54) is 18.4 Å². The molecule has 0 aromatic heterocycles. The number of rotatable bonds is 4. The standard InChI is InChI=1S/C16H26OSi/c1-18(2,3)16(14-9-10-15(17)12-14)11-13-7-5-4-6-8-13/h4-8,14-17H,9-12H2,1-3H3/t14?,15-,16?/m0/s1. The zero-order chi connectivity index (χ0) is 13.2. The lowest BCUT2D eigenvalue weighted by Crippen LogP contribution is -2.34. The molecule has 1 fully saturated rings. The minimum atomic E-state index is -1.18. The molecule has 1 nitrogen and oxygen atoms in total. The van der Waals surface area contributed by atoms with Crippen LogP contribution in [-0.4, -0.2) is 19.3 Å². The highest BCUT2D eigenvalue weighted by atomic mass is 28.3. The average Bonchev–Trinajstić information content (AvgIpc) is 2.72. The molecular weight excluding hydrogens is 236 g/mol. The maximum absolute atomic E-state index is 9.80. The van der Waals surface area contributed by atoms with Gasteiger partial charge in [-0.05, 0) is 42.7 Å². The zero-order valence-corrected chi connectivity index (χ0v) is 12.9. The lowest BCUT2D eigenvalue weighted by atomic mass is 9.97. The Morgan fingerprint density at radius 1 is 1.17 bits per heavy atom. The van der Waals surface area contributed by atoms with E-state index in [0.29, 0.717) is 0 Å². The fourth-order valence-electron chi connectivity index (χ4n) is 3.41. The van der Waals surface area contributed by atoms with Crippen LogP contribution >= 0.6 is 0 Å². The summed E-state index contributed by atoms with van der Waals surface area (Å²) in [7, 11) is -1.18. The molecular formula is C16H26OSi. The smallest absolute Gasteiger partial charge is 0.0543 e. The third-order valence-corrected chi connectivity index (χ3v) is 7.33. The van der Waals surface area contributed by atoms with Gasteiger partial charge in [-0.2, -0.15) is 0 Å². The van der Waals surface area contributed by atoms with Crippen LogP contribution in [0.2, 0.25) is 25.2 Å². The molecule has 1 saturated carbocycles. The van der Waals surface area contributed by atoms with E-state index >= 15 is 0 Å². The van der Waals surface area contributed by atoms with Crippen LogP contribution in [0.1, 0.15) is 24.8 Å². The van der Waals surface area contributed by atoms with Crippen molar-refractivity contribution in [2.24, 2.45) is 5.92 Å². The van der Waals surface area contributed by atoms with Gasteiger partial charge in [-0.1, -0.05) is 50.0 Å². The Kier molecular flexibility index (Phi) is 4.28. The molecule has 0 amide bonds. The molecule has 0 spiro atoms. The van der Waals surface area contributed by atoms with E-state index in [0.717, 1.165) is 24.3 Å². The fraction of sp³-hybridized carbons (Fsp3) is 0.625. The lowest BCUT2D eigenvalue weighted by Gasteiger charge is -2.34. The third-order valence-electron chi connectivity index (χ3n) is 4.43. The first kappa shape index (κ1) is 13.8. The highest BCUT2D eigenvalue weighted by molar-refractivity contribution is 6.77. The molecule has 1 N–H and O–H groups in total. The van der Waals surface area contributed by atoms with Gasteiger partial charge in [0.05, 0.1) is 6.10 Å².